The minimum Gasteiger partial charge on any atom is -0.426 e. The summed E-state index contributed by atoms with van der Waals surface area (Å²) in [5.74, 6) is -0.0386. The molecule has 0 saturated carbocycles. The monoisotopic (exact) mass is 522 g/mol. The van der Waals surface area contributed by atoms with Crippen molar-refractivity contribution in [2.24, 2.45) is 11.8 Å². The Labute approximate surface area is 206 Å². The van der Waals surface area contributed by atoms with Crippen LogP contribution >= 0.6 is 0 Å². The maximum absolute atomic E-state index is 12.8. The van der Waals surface area contributed by atoms with Gasteiger partial charge in [-0.3, -0.25) is 4.90 Å². The molecule has 1 aromatic carbocycles. The van der Waals surface area contributed by atoms with Crippen molar-refractivity contribution in [3.63, 3.8) is 0 Å². The molecule has 2 unspecified atom stereocenters. The molecule has 0 spiro atoms. The Morgan fingerprint density at radius 3 is 2.06 bits per heavy atom. The summed E-state index contributed by atoms with van der Waals surface area (Å²) in [7, 11) is 0. The van der Waals surface area contributed by atoms with Crippen molar-refractivity contribution < 1.29 is 35.9 Å². The number of ether oxygens (including phenoxy) is 1. The molecule has 0 aliphatic carbocycles. The molecule has 0 bridgehead atoms. The second kappa shape index (κ2) is 10.3. The second-order valence-electron chi connectivity index (χ2n) is 9.97. The van der Waals surface area contributed by atoms with Gasteiger partial charge in [-0.25, -0.2) is 4.79 Å². The van der Waals surface area contributed by atoms with Crippen LogP contribution < -0.4 is 4.90 Å². The van der Waals surface area contributed by atoms with Crippen molar-refractivity contribution in [3.8, 4) is 0 Å². The summed E-state index contributed by atoms with van der Waals surface area (Å²) in [5, 5.41) is 0. The lowest BCUT2D eigenvalue weighted by Crippen LogP contribution is -2.48. The van der Waals surface area contributed by atoms with Crippen LogP contribution in [0, 0.1) is 18.8 Å². The summed E-state index contributed by atoms with van der Waals surface area (Å²) in [6.07, 6.45) is -17.1. The SMILES string of the molecule is CCN1CCN(c2c(C)cccc2CN2CC3CN(C(=O)OC(C(F)(F)F)C(F)(F)F)CC3C2)CC1. The minimum atomic E-state index is -5.71. The van der Waals surface area contributed by atoms with Crippen LogP contribution in [0.5, 0.6) is 0 Å². The molecule has 0 radical (unpaired) electrons. The third-order valence-electron chi connectivity index (χ3n) is 7.48. The predicted molar refractivity (Wildman–Crippen MR) is 122 cm³/mol. The lowest BCUT2D eigenvalue weighted by molar-refractivity contribution is -0.308. The van der Waals surface area contributed by atoms with Gasteiger partial charge in [0.15, 0.2) is 0 Å². The molecule has 1 aromatic rings. The van der Waals surface area contributed by atoms with Gasteiger partial charge in [-0.1, -0.05) is 25.1 Å². The third-order valence-corrected chi connectivity index (χ3v) is 7.48. The quantitative estimate of drug-likeness (QED) is 0.544. The van der Waals surface area contributed by atoms with E-state index in [-0.39, 0.29) is 24.9 Å². The van der Waals surface area contributed by atoms with E-state index in [1.165, 1.54) is 16.8 Å². The average Bonchev–Trinajstić information content (AvgIpc) is 3.35. The molecule has 202 valence electrons. The van der Waals surface area contributed by atoms with Crippen LogP contribution in [0.4, 0.5) is 36.8 Å². The lowest BCUT2D eigenvalue weighted by atomic mass is 10.0. The molecule has 3 heterocycles. The Morgan fingerprint density at radius 2 is 1.53 bits per heavy atom. The largest absolute Gasteiger partial charge is 0.434 e. The fourth-order valence-electron chi connectivity index (χ4n) is 5.69. The zero-order valence-electron chi connectivity index (χ0n) is 20.4. The zero-order chi connectivity index (χ0) is 26.3. The first kappa shape index (κ1) is 26.8. The number of hydrogen-bond donors (Lipinski definition) is 0. The normalized spacial score (nSPS) is 24.0. The topological polar surface area (TPSA) is 39.3 Å². The van der Waals surface area contributed by atoms with E-state index in [1.54, 1.807) is 0 Å². The van der Waals surface area contributed by atoms with Gasteiger partial charge in [0.05, 0.1) is 0 Å². The van der Waals surface area contributed by atoms with Gasteiger partial charge in [0.25, 0.3) is 6.10 Å². The molecule has 6 nitrogen and oxygen atoms in total. The highest BCUT2D eigenvalue weighted by Crippen LogP contribution is 2.38. The molecule has 36 heavy (non-hydrogen) atoms. The second-order valence-corrected chi connectivity index (χ2v) is 9.97. The number of rotatable bonds is 5. The van der Waals surface area contributed by atoms with E-state index < -0.39 is 24.5 Å². The number of nitrogens with zero attached hydrogens (tertiary/aromatic N) is 4. The summed E-state index contributed by atoms with van der Waals surface area (Å²) < 4.78 is 80.4. The fraction of sp³-hybridized carbons (Fsp3) is 0.708. The predicted octanol–water partition coefficient (Wildman–Crippen LogP) is 4.13. The van der Waals surface area contributed by atoms with Gasteiger partial charge in [-0.15, -0.1) is 0 Å². The molecule has 3 fully saturated rings. The molecule has 12 heteroatoms. The van der Waals surface area contributed by atoms with E-state index in [4.69, 9.17) is 0 Å². The van der Waals surface area contributed by atoms with Crippen molar-refractivity contribution in [3.05, 3.63) is 29.3 Å². The molecule has 3 aliphatic heterocycles. The number of likely N-dealkylation sites (tertiary alicyclic amines) is 2. The summed E-state index contributed by atoms with van der Waals surface area (Å²) in [4.78, 5) is 20.2. The number of carbonyl (C=O) groups excluding carboxylic acids is 1. The minimum absolute atomic E-state index is 0.0193. The number of likely N-dealkylation sites (N-methyl/N-ethyl adjacent to an activating group) is 1. The zero-order valence-corrected chi connectivity index (χ0v) is 20.4. The fourth-order valence-corrected chi connectivity index (χ4v) is 5.69. The van der Waals surface area contributed by atoms with E-state index in [1.807, 2.05) is 6.07 Å². The highest BCUT2D eigenvalue weighted by Gasteiger charge is 2.60. The van der Waals surface area contributed by atoms with Crippen LogP contribution in [-0.2, 0) is 11.3 Å². The average molecular weight is 523 g/mol. The summed E-state index contributed by atoms with van der Waals surface area (Å²) in [6, 6.07) is 6.24. The molecule has 3 saturated heterocycles. The molecular weight excluding hydrogens is 490 g/mol. The van der Waals surface area contributed by atoms with Gasteiger partial charge >= 0.3 is 18.4 Å². The number of carbonyl (C=O) groups is 1. The van der Waals surface area contributed by atoms with Gasteiger partial charge in [0.1, 0.15) is 0 Å². The van der Waals surface area contributed by atoms with Crippen LogP contribution in [0.25, 0.3) is 0 Å². The van der Waals surface area contributed by atoms with Crippen molar-refractivity contribution in [2.75, 3.05) is 63.8 Å². The van der Waals surface area contributed by atoms with Crippen molar-refractivity contribution in [1.29, 1.82) is 0 Å². The first-order chi connectivity index (χ1) is 16.9. The Bertz CT molecular complexity index is 904. The lowest BCUT2D eigenvalue weighted by Gasteiger charge is -2.37. The highest BCUT2D eigenvalue weighted by molar-refractivity contribution is 5.68. The Morgan fingerprint density at radius 1 is 0.944 bits per heavy atom. The van der Waals surface area contributed by atoms with Crippen molar-refractivity contribution in [2.45, 2.75) is 38.8 Å². The maximum atomic E-state index is 12.8. The van der Waals surface area contributed by atoms with Crippen LogP contribution in [0.2, 0.25) is 0 Å². The van der Waals surface area contributed by atoms with Gasteiger partial charge in [0, 0.05) is 64.6 Å². The van der Waals surface area contributed by atoms with Crippen LogP contribution in [0.1, 0.15) is 18.1 Å². The number of hydrogen-bond acceptors (Lipinski definition) is 5. The first-order valence-electron chi connectivity index (χ1n) is 12.2. The molecule has 3 aliphatic rings. The number of alkyl halides is 6. The molecule has 4 rings (SSSR count). The van der Waals surface area contributed by atoms with E-state index >= 15 is 0 Å². The number of para-hydroxylation sites is 1. The molecule has 1 amide bonds. The van der Waals surface area contributed by atoms with Gasteiger partial charge < -0.3 is 19.4 Å². The Hall–Kier alpha value is -2.21. The number of piperazine rings is 1. The van der Waals surface area contributed by atoms with E-state index in [0.717, 1.165) is 37.6 Å². The van der Waals surface area contributed by atoms with E-state index in [2.05, 4.69) is 45.4 Å². The summed E-state index contributed by atoms with van der Waals surface area (Å²) in [6.45, 7) is 11.3. The Balaban J connectivity index is 1.35. The summed E-state index contributed by atoms with van der Waals surface area (Å²) in [5.41, 5.74) is 3.64. The number of anilines is 1. The molecule has 0 aromatic heterocycles. The number of amides is 1. The molecule has 2 atom stereocenters. The van der Waals surface area contributed by atoms with Crippen LogP contribution in [0.15, 0.2) is 18.2 Å². The van der Waals surface area contributed by atoms with Crippen molar-refractivity contribution >= 4 is 11.8 Å². The van der Waals surface area contributed by atoms with Crippen molar-refractivity contribution in [1.82, 2.24) is 14.7 Å². The van der Waals surface area contributed by atoms with Crippen LogP contribution in [0.3, 0.4) is 0 Å². The number of aryl methyl sites for hydroxylation is 1. The number of fused-ring (bicyclic) bond motifs is 1. The van der Waals surface area contributed by atoms with Crippen LogP contribution in [-0.4, -0.2) is 98.2 Å². The third kappa shape index (κ3) is 5.85. The maximum Gasteiger partial charge on any atom is 0.434 e. The number of benzene rings is 1. The summed E-state index contributed by atoms with van der Waals surface area (Å²) >= 11 is 0. The van der Waals surface area contributed by atoms with Gasteiger partial charge in [-0.05, 0) is 36.4 Å². The highest BCUT2D eigenvalue weighted by atomic mass is 19.4. The van der Waals surface area contributed by atoms with E-state index in [0.29, 0.717) is 19.6 Å². The molecular formula is C24H32F6N4O2. The smallest absolute Gasteiger partial charge is 0.426 e. The molecule has 0 N–H and O–H groups in total. The Kier molecular flexibility index (Phi) is 7.66. The van der Waals surface area contributed by atoms with Gasteiger partial charge in [-0.2, -0.15) is 26.3 Å². The van der Waals surface area contributed by atoms with E-state index in [9.17, 15) is 31.1 Å². The standard InChI is InChI=1S/C24H32F6N4O2/c1-3-31-7-9-33(10-8-31)20-16(2)5-4-6-17(20)11-32-12-18-14-34(15-19(18)13-32)22(35)36-21(23(25,26)27)24(28,29)30/h4-6,18-19,21H,3,7-15H2,1-2H3. The van der Waals surface area contributed by atoms with Gasteiger partial charge in [0.2, 0.25) is 0 Å². The number of halogens is 6. The first-order valence-corrected chi connectivity index (χ1v) is 12.2.